The Morgan fingerprint density at radius 3 is 2.93 bits per heavy atom. The van der Waals surface area contributed by atoms with Gasteiger partial charge in [-0.2, -0.15) is 0 Å². The van der Waals surface area contributed by atoms with Gasteiger partial charge in [-0.15, -0.1) is 0 Å². The fourth-order valence-corrected chi connectivity index (χ4v) is 7.61. The maximum Gasteiger partial charge on any atom is 0.343 e. The lowest BCUT2D eigenvalue weighted by Crippen LogP contribution is -2.61. The Kier molecular flexibility index (Phi) is 3.49. The summed E-state index contributed by atoms with van der Waals surface area (Å²) in [6.45, 7) is 6.95. The summed E-state index contributed by atoms with van der Waals surface area (Å²) < 4.78 is 24.5. The number of hydrogen-bond donors (Lipinski definition) is 1. The van der Waals surface area contributed by atoms with Crippen LogP contribution in [0, 0.1) is 17.8 Å². The quantitative estimate of drug-likeness (QED) is 0.720. The van der Waals surface area contributed by atoms with E-state index in [0.29, 0.717) is 28.9 Å². The van der Waals surface area contributed by atoms with Crippen LogP contribution in [0.2, 0.25) is 0 Å². The van der Waals surface area contributed by atoms with E-state index < -0.39 is 5.79 Å². The molecule has 6 aliphatic heterocycles. The minimum absolute atomic E-state index is 0.0649. The Labute approximate surface area is 170 Å². The number of ether oxygens (including phenoxy) is 4. The zero-order chi connectivity index (χ0) is 20.3. The number of hydrogen-bond acceptors (Lipinski definition) is 7. The van der Waals surface area contributed by atoms with E-state index in [1.165, 1.54) is 0 Å². The molecule has 1 spiro atoms. The standard InChI is InChI=1S/C22H29NO6/c1-5-12(24)9-21-14-6-7-23(21)13-8-15(21)28-22(14)16(13)10(2)18(29-22)19-17(26-4)11(3)20(25)27-19/h10,12-16,24H,5-9H2,1-4H3/b19-18-/t10-,12?,13?,14-,15+,16+,21-,22+/m0/s1. The third-order valence-corrected chi connectivity index (χ3v) is 8.63. The molecule has 0 aromatic rings. The topological polar surface area (TPSA) is 77.5 Å². The van der Waals surface area contributed by atoms with Gasteiger partial charge in [0.25, 0.3) is 0 Å². The van der Waals surface area contributed by atoms with Gasteiger partial charge >= 0.3 is 5.97 Å². The van der Waals surface area contributed by atoms with Crippen molar-refractivity contribution < 1.29 is 28.8 Å². The Hall–Kier alpha value is -1.57. The molecular formula is C22H29NO6. The molecule has 1 N–H and O–H groups in total. The number of allylic oxidation sites excluding steroid dienone is 1. The molecule has 6 rings (SSSR count). The van der Waals surface area contributed by atoms with Crippen LogP contribution in [0.5, 0.6) is 0 Å². The van der Waals surface area contributed by atoms with Crippen molar-refractivity contribution in [1.29, 1.82) is 0 Å². The van der Waals surface area contributed by atoms with Crippen molar-refractivity contribution in [1.82, 2.24) is 4.90 Å². The van der Waals surface area contributed by atoms with E-state index in [-0.39, 0.29) is 41.5 Å². The summed E-state index contributed by atoms with van der Waals surface area (Å²) in [4.78, 5) is 14.8. The predicted octanol–water partition coefficient (Wildman–Crippen LogP) is 2.06. The van der Waals surface area contributed by atoms with Crippen LogP contribution < -0.4 is 0 Å². The average Bonchev–Trinajstić information content (AvgIpc) is 3.40. The van der Waals surface area contributed by atoms with Crippen LogP contribution in [-0.4, -0.2) is 59.2 Å². The number of aliphatic hydroxyl groups excluding tert-OH is 1. The molecular weight excluding hydrogens is 374 g/mol. The second kappa shape index (κ2) is 5.56. The van der Waals surface area contributed by atoms with E-state index in [9.17, 15) is 9.90 Å². The van der Waals surface area contributed by atoms with Gasteiger partial charge in [0.1, 0.15) is 5.76 Å². The number of aliphatic hydroxyl groups is 1. The third kappa shape index (κ3) is 1.85. The minimum Gasteiger partial charge on any atom is -0.492 e. The van der Waals surface area contributed by atoms with Crippen molar-refractivity contribution in [3.8, 4) is 0 Å². The van der Waals surface area contributed by atoms with E-state index in [4.69, 9.17) is 18.9 Å². The number of piperidine rings is 1. The zero-order valence-electron chi connectivity index (χ0n) is 17.4. The van der Waals surface area contributed by atoms with Gasteiger partial charge in [0, 0.05) is 17.9 Å². The molecule has 6 aliphatic rings. The van der Waals surface area contributed by atoms with Gasteiger partial charge in [-0.25, -0.2) is 4.79 Å². The molecule has 29 heavy (non-hydrogen) atoms. The average molecular weight is 403 g/mol. The first-order valence-electron chi connectivity index (χ1n) is 10.9. The maximum atomic E-state index is 12.2. The van der Waals surface area contributed by atoms with E-state index in [1.807, 2.05) is 6.92 Å². The highest BCUT2D eigenvalue weighted by molar-refractivity contribution is 5.93. The summed E-state index contributed by atoms with van der Waals surface area (Å²) in [5, 5.41) is 10.6. The second-order valence-corrected chi connectivity index (χ2v) is 9.58. The summed E-state index contributed by atoms with van der Waals surface area (Å²) in [5.74, 6) is 0.990. The largest absolute Gasteiger partial charge is 0.492 e. The fraction of sp³-hybridized carbons (Fsp3) is 0.773. The second-order valence-electron chi connectivity index (χ2n) is 9.58. The summed E-state index contributed by atoms with van der Waals surface area (Å²) in [5.41, 5.74) is 0.346. The highest BCUT2D eigenvalue weighted by Gasteiger charge is 2.84. The van der Waals surface area contributed by atoms with Crippen LogP contribution >= 0.6 is 0 Å². The van der Waals surface area contributed by atoms with Crippen LogP contribution in [0.1, 0.15) is 46.5 Å². The Morgan fingerprint density at radius 1 is 1.41 bits per heavy atom. The molecule has 6 heterocycles. The highest BCUT2D eigenvalue weighted by atomic mass is 16.7. The minimum atomic E-state index is -0.683. The normalized spacial score (nSPS) is 52.2. The van der Waals surface area contributed by atoms with Gasteiger partial charge in [-0.05, 0) is 39.2 Å². The lowest BCUT2D eigenvalue weighted by atomic mass is 9.69. The zero-order valence-corrected chi connectivity index (χ0v) is 17.4. The number of nitrogens with zero attached hydrogens (tertiary/aromatic N) is 1. The van der Waals surface area contributed by atoms with Crippen LogP contribution in [-0.2, 0) is 23.7 Å². The molecule has 7 nitrogen and oxygen atoms in total. The van der Waals surface area contributed by atoms with Crippen molar-refractivity contribution in [2.45, 2.75) is 76.0 Å². The number of fused-ring (bicyclic) bond motifs is 1. The predicted molar refractivity (Wildman–Crippen MR) is 101 cm³/mol. The van der Waals surface area contributed by atoms with Crippen LogP contribution in [0.25, 0.3) is 0 Å². The Bertz CT molecular complexity index is 865. The van der Waals surface area contributed by atoms with Crippen molar-refractivity contribution >= 4 is 5.97 Å². The molecule has 7 heteroatoms. The molecule has 0 aromatic heterocycles. The number of carbonyl (C=O) groups is 1. The first-order valence-corrected chi connectivity index (χ1v) is 10.9. The number of methoxy groups -OCH3 is 1. The molecule has 0 saturated carbocycles. The molecule has 3 unspecified atom stereocenters. The Morgan fingerprint density at radius 2 is 2.21 bits per heavy atom. The first kappa shape index (κ1) is 18.2. The van der Waals surface area contributed by atoms with E-state index in [1.54, 1.807) is 14.0 Å². The molecule has 0 amide bonds. The van der Waals surface area contributed by atoms with Crippen LogP contribution in [0.15, 0.2) is 22.9 Å². The van der Waals surface area contributed by atoms with E-state index >= 15 is 0 Å². The molecule has 5 saturated heterocycles. The van der Waals surface area contributed by atoms with Crippen LogP contribution in [0.4, 0.5) is 0 Å². The summed E-state index contributed by atoms with van der Waals surface area (Å²) in [6.07, 6.45) is 3.26. The number of esters is 1. The molecule has 5 bridgehead atoms. The van der Waals surface area contributed by atoms with Crippen molar-refractivity contribution in [2.75, 3.05) is 13.7 Å². The number of rotatable bonds is 4. The van der Waals surface area contributed by atoms with Gasteiger partial charge in [0.2, 0.25) is 11.5 Å². The summed E-state index contributed by atoms with van der Waals surface area (Å²) in [6, 6.07) is 0.373. The molecule has 0 radical (unpaired) electrons. The first-order chi connectivity index (χ1) is 13.9. The van der Waals surface area contributed by atoms with Gasteiger partial charge in [-0.3, -0.25) is 4.90 Å². The van der Waals surface area contributed by atoms with Crippen molar-refractivity contribution in [3.63, 3.8) is 0 Å². The smallest absolute Gasteiger partial charge is 0.343 e. The monoisotopic (exact) mass is 403 g/mol. The lowest BCUT2D eigenvalue weighted by molar-refractivity contribution is -0.256. The summed E-state index contributed by atoms with van der Waals surface area (Å²) in [7, 11) is 1.56. The molecule has 158 valence electrons. The summed E-state index contributed by atoms with van der Waals surface area (Å²) >= 11 is 0. The van der Waals surface area contributed by atoms with Crippen molar-refractivity contribution in [2.24, 2.45) is 17.8 Å². The van der Waals surface area contributed by atoms with Crippen LogP contribution in [0.3, 0.4) is 0 Å². The molecule has 0 aliphatic carbocycles. The lowest BCUT2D eigenvalue weighted by Gasteiger charge is -2.48. The van der Waals surface area contributed by atoms with Gasteiger partial charge in [-0.1, -0.05) is 13.8 Å². The van der Waals surface area contributed by atoms with Gasteiger partial charge in [0.15, 0.2) is 5.76 Å². The molecule has 0 aromatic carbocycles. The van der Waals surface area contributed by atoms with E-state index in [2.05, 4.69) is 11.8 Å². The maximum absolute atomic E-state index is 12.2. The molecule has 9 atom stereocenters. The van der Waals surface area contributed by atoms with Crippen molar-refractivity contribution in [3.05, 3.63) is 22.9 Å². The fourth-order valence-electron chi connectivity index (χ4n) is 7.61. The number of cyclic esters (lactones) is 1. The van der Waals surface area contributed by atoms with E-state index in [0.717, 1.165) is 32.2 Å². The van der Waals surface area contributed by atoms with Gasteiger partial charge < -0.3 is 24.1 Å². The highest BCUT2D eigenvalue weighted by Crippen LogP contribution is 2.73. The molecule has 5 fully saturated rings. The number of carbonyl (C=O) groups excluding carboxylic acids is 1. The third-order valence-electron chi connectivity index (χ3n) is 8.63. The van der Waals surface area contributed by atoms with Gasteiger partial charge in [0.05, 0.1) is 36.3 Å². The Balaban J connectivity index is 1.46. The SMILES string of the molecule is CCC(O)C[C@@]12[C@@H]3CCN1C1C[C@H]2O[C@@]32O/C(=C3\OC(=O)C(C)=C3OC)[C@@H](C)[C@H]12.